The number of hydrogen-bond donors (Lipinski definition) is 1. The van der Waals surface area contributed by atoms with Crippen LogP contribution < -0.4 is 5.73 Å². The van der Waals surface area contributed by atoms with Gasteiger partial charge in [-0.25, -0.2) is 0 Å². The third-order valence-corrected chi connectivity index (χ3v) is 3.14. The van der Waals surface area contributed by atoms with Crippen LogP contribution in [-0.2, 0) is 17.9 Å². The molecule has 3 heteroatoms. The molecule has 0 fully saturated rings. The Morgan fingerprint density at radius 2 is 2.07 bits per heavy atom. The fourth-order valence-corrected chi connectivity index (χ4v) is 2.07. The van der Waals surface area contributed by atoms with Crippen LogP contribution in [0.2, 0.25) is 0 Å². The summed E-state index contributed by atoms with van der Waals surface area (Å²) >= 11 is 1.75. The van der Waals surface area contributed by atoms with Crippen LogP contribution in [0.5, 0.6) is 0 Å². The molecule has 14 heavy (non-hydrogen) atoms. The number of unbranched alkanes of at least 4 members (excludes halogenated alkanes) is 2. The lowest BCUT2D eigenvalue weighted by molar-refractivity contribution is 0.119. The van der Waals surface area contributed by atoms with Gasteiger partial charge in [0.2, 0.25) is 0 Å². The molecule has 0 bridgehead atoms. The molecular weight excluding hydrogens is 194 g/mol. The number of hydrogen-bond acceptors (Lipinski definition) is 3. The molecule has 0 unspecified atom stereocenters. The molecule has 1 aromatic rings. The monoisotopic (exact) mass is 213 g/mol. The quantitative estimate of drug-likeness (QED) is 0.707. The van der Waals surface area contributed by atoms with E-state index < -0.39 is 0 Å². The Morgan fingerprint density at radius 1 is 1.29 bits per heavy atom. The first-order valence-electron chi connectivity index (χ1n) is 5.22. The lowest BCUT2D eigenvalue weighted by Gasteiger charge is -2.00. The SMILES string of the molecule is CCCCCOCc1ccc(CN)s1. The third-order valence-electron chi connectivity index (χ3n) is 2.06. The van der Waals surface area contributed by atoms with Crippen LogP contribution >= 0.6 is 11.3 Å². The van der Waals surface area contributed by atoms with Crippen LogP contribution in [0.25, 0.3) is 0 Å². The van der Waals surface area contributed by atoms with Gasteiger partial charge in [-0.1, -0.05) is 19.8 Å². The summed E-state index contributed by atoms with van der Waals surface area (Å²) in [4.78, 5) is 2.51. The summed E-state index contributed by atoms with van der Waals surface area (Å²) in [6.07, 6.45) is 3.68. The zero-order valence-electron chi connectivity index (χ0n) is 8.79. The molecule has 1 rings (SSSR count). The summed E-state index contributed by atoms with van der Waals surface area (Å²) in [6, 6.07) is 4.18. The minimum Gasteiger partial charge on any atom is -0.376 e. The van der Waals surface area contributed by atoms with Crippen molar-refractivity contribution in [1.82, 2.24) is 0 Å². The average Bonchev–Trinajstić information content (AvgIpc) is 2.65. The summed E-state index contributed by atoms with van der Waals surface area (Å²) in [5.41, 5.74) is 5.53. The van der Waals surface area contributed by atoms with Gasteiger partial charge in [0.1, 0.15) is 0 Å². The van der Waals surface area contributed by atoms with Gasteiger partial charge in [-0.05, 0) is 18.6 Å². The molecule has 0 aromatic carbocycles. The average molecular weight is 213 g/mol. The molecule has 80 valence electrons. The minimum atomic E-state index is 0.639. The fourth-order valence-electron chi connectivity index (χ4n) is 1.24. The Bertz CT molecular complexity index is 247. The molecule has 0 aliphatic carbocycles. The van der Waals surface area contributed by atoms with Gasteiger partial charge in [0.05, 0.1) is 6.61 Å². The number of thiophene rings is 1. The standard InChI is InChI=1S/C11H19NOS/c1-2-3-4-7-13-9-11-6-5-10(8-12)14-11/h5-6H,2-4,7-9,12H2,1H3. The molecule has 0 spiro atoms. The van der Waals surface area contributed by atoms with E-state index in [1.165, 1.54) is 29.0 Å². The maximum Gasteiger partial charge on any atom is 0.0809 e. The predicted molar refractivity (Wildman–Crippen MR) is 61.4 cm³/mol. The lowest BCUT2D eigenvalue weighted by atomic mass is 10.3. The molecule has 0 atom stereocenters. The van der Waals surface area contributed by atoms with Crippen molar-refractivity contribution in [2.45, 2.75) is 39.3 Å². The largest absolute Gasteiger partial charge is 0.376 e. The number of ether oxygens (including phenoxy) is 1. The van der Waals surface area contributed by atoms with Gasteiger partial charge >= 0.3 is 0 Å². The maximum atomic E-state index is 5.55. The molecule has 1 heterocycles. The van der Waals surface area contributed by atoms with Crippen LogP contribution in [0, 0.1) is 0 Å². The van der Waals surface area contributed by atoms with Crippen molar-refractivity contribution in [3.05, 3.63) is 21.9 Å². The van der Waals surface area contributed by atoms with E-state index in [9.17, 15) is 0 Å². The first kappa shape index (κ1) is 11.7. The van der Waals surface area contributed by atoms with Crippen molar-refractivity contribution in [3.63, 3.8) is 0 Å². The molecule has 0 radical (unpaired) electrons. The highest BCUT2D eigenvalue weighted by Gasteiger charge is 1.98. The second-order valence-electron chi connectivity index (χ2n) is 3.33. The maximum absolute atomic E-state index is 5.55. The molecule has 0 aliphatic heterocycles. The van der Waals surface area contributed by atoms with Crippen LogP contribution in [0.4, 0.5) is 0 Å². The van der Waals surface area contributed by atoms with Crippen molar-refractivity contribution in [2.24, 2.45) is 5.73 Å². The first-order valence-corrected chi connectivity index (χ1v) is 6.04. The lowest BCUT2D eigenvalue weighted by Crippen LogP contribution is -1.93. The second-order valence-corrected chi connectivity index (χ2v) is 4.58. The summed E-state index contributed by atoms with van der Waals surface area (Å²) in [6.45, 7) is 4.46. The molecule has 2 N–H and O–H groups in total. The minimum absolute atomic E-state index is 0.639. The van der Waals surface area contributed by atoms with E-state index in [1.807, 2.05) is 0 Å². The smallest absolute Gasteiger partial charge is 0.0809 e. The predicted octanol–water partition coefficient (Wildman–Crippen LogP) is 2.91. The second kappa shape index (κ2) is 6.98. The van der Waals surface area contributed by atoms with Gasteiger partial charge < -0.3 is 10.5 Å². The molecule has 2 nitrogen and oxygen atoms in total. The Balaban J connectivity index is 2.12. The summed E-state index contributed by atoms with van der Waals surface area (Å²) < 4.78 is 5.55. The Kier molecular flexibility index (Phi) is 5.83. The summed E-state index contributed by atoms with van der Waals surface area (Å²) in [5, 5.41) is 0. The number of rotatable bonds is 7. The Morgan fingerprint density at radius 3 is 2.71 bits per heavy atom. The van der Waals surface area contributed by atoms with E-state index >= 15 is 0 Å². The van der Waals surface area contributed by atoms with Crippen LogP contribution in [0.3, 0.4) is 0 Å². The summed E-state index contributed by atoms with van der Waals surface area (Å²) in [5.74, 6) is 0. The van der Waals surface area contributed by atoms with E-state index in [4.69, 9.17) is 10.5 Å². The van der Waals surface area contributed by atoms with Gasteiger partial charge in [-0.15, -0.1) is 11.3 Å². The zero-order valence-corrected chi connectivity index (χ0v) is 9.61. The topological polar surface area (TPSA) is 35.2 Å². The van der Waals surface area contributed by atoms with E-state index in [-0.39, 0.29) is 0 Å². The van der Waals surface area contributed by atoms with Gasteiger partial charge in [-0.3, -0.25) is 0 Å². The third kappa shape index (κ3) is 4.22. The van der Waals surface area contributed by atoms with Crippen molar-refractivity contribution in [1.29, 1.82) is 0 Å². The molecule has 0 saturated carbocycles. The Hall–Kier alpha value is -0.380. The van der Waals surface area contributed by atoms with E-state index in [2.05, 4.69) is 19.1 Å². The van der Waals surface area contributed by atoms with E-state index in [0.717, 1.165) is 13.2 Å². The van der Waals surface area contributed by atoms with Crippen LogP contribution in [0.15, 0.2) is 12.1 Å². The van der Waals surface area contributed by atoms with Gasteiger partial charge in [0.25, 0.3) is 0 Å². The fraction of sp³-hybridized carbons (Fsp3) is 0.636. The molecule has 1 aromatic heterocycles. The zero-order chi connectivity index (χ0) is 10.2. The van der Waals surface area contributed by atoms with Crippen LogP contribution in [-0.4, -0.2) is 6.61 Å². The first-order chi connectivity index (χ1) is 6.86. The van der Waals surface area contributed by atoms with Gasteiger partial charge in [0, 0.05) is 22.9 Å². The Labute approximate surface area is 90.1 Å². The van der Waals surface area contributed by atoms with Crippen molar-refractivity contribution < 1.29 is 4.74 Å². The normalized spacial score (nSPS) is 10.7. The van der Waals surface area contributed by atoms with Gasteiger partial charge in [0.15, 0.2) is 0 Å². The van der Waals surface area contributed by atoms with Gasteiger partial charge in [-0.2, -0.15) is 0 Å². The van der Waals surface area contributed by atoms with E-state index in [1.54, 1.807) is 11.3 Å². The molecule has 0 aliphatic rings. The molecule has 0 saturated heterocycles. The van der Waals surface area contributed by atoms with Crippen molar-refractivity contribution >= 4 is 11.3 Å². The highest BCUT2D eigenvalue weighted by atomic mass is 32.1. The number of nitrogens with two attached hydrogens (primary N) is 1. The molecular formula is C11H19NOS. The molecule has 0 amide bonds. The summed E-state index contributed by atoms with van der Waals surface area (Å²) in [7, 11) is 0. The highest BCUT2D eigenvalue weighted by molar-refractivity contribution is 7.11. The van der Waals surface area contributed by atoms with Crippen molar-refractivity contribution in [2.75, 3.05) is 6.61 Å². The van der Waals surface area contributed by atoms with Crippen LogP contribution in [0.1, 0.15) is 35.9 Å². The highest BCUT2D eigenvalue weighted by Crippen LogP contribution is 2.16. The van der Waals surface area contributed by atoms with Crippen molar-refractivity contribution in [3.8, 4) is 0 Å². The van der Waals surface area contributed by atoms with E-state index in [0.29, 0.717) is 6.54 Å².